The van der Waals surface area contributed by atoms with E-state index in [-0.39, 0.29) is 6.10 Å². The van der Waals surface area contributed by atoms with Crippen LogP contribution in [-0.4, -0.2) is 36.2 Å². The lowest BCUT2D eigenvalue weighted by Gasteiger charge is -2.21. The molecule has 0 amide bonds. The van der Waals surface area contributed by atoms with Crippen LogP contribution in [0.4, 0.5) is 0 Å². The third-order valence-electron chi connectivity index (χ3n) is 3.99. The molecule has 1 aromatic carbocycles. The van der Waals surface area contributed by atoms with Gasteiger partial charge in [0.15, 0.2) is 0 Å². The lowest BCUT2D eigenvalue weighted by atomic mass is 10.1. The number of rotatable bonds is 6. The third kappa shape index (κ3) is 4.80. The predicted molar refractivity (Wildman–Crippen MR) is 82.1 cm³/mol. The monoisotopic (exact) mass is 277 g/mol. The number of hydrogen-bond acceptors (Lipinski definition) is 3. The van der Waals surface area contributed by atoms with E-state index in [2.05, 4.69) is 4.90 Å². The number of likely N-dealkylation sites (tertiary alicyclic amines) is 1. The van der Waals surface area contributed by atoms with Gasteiger partial charge in [0.25, 0.3) is 0 Å². The van der Waals surface area contributed by atoms with E-state index in [1.807, 2.05) is 31.2 Å². The van der Waals surface area contributed by atoms with Crippen LogP contribution in [0, 0.1) is 0 Å². The fourth-order valence-corrected chi connectivity index (χ4v) is 2.78. The summed E-state index contributed by atoms with van der Waals surface area (Å²) in [5.41, 5.74) is 0.989. The molecule has 0 saturated carbocycles. The van der Waals surface area contributed by atoms with Gasteiger partial charge in [-0.2, -0.15) is 0 Å². The first-order chi connectivity index (χ1) is 9.79. The van der Waals surface area contributed by atoms with Crippen LogP contribution in [0.5, 0.6) is 5.75 Å². The van der Waals surface area contributed by atoms with E-state index >= 15 is 0 Å². The predicted octanol–water partition coefficient (Wildman–Crippen LogP) is 3.38. The highest BCUT2D eigenvalue weighted by molar-refractivity contribution is 5.28. The zero-order valence-electron chi connectivity index (χ0n) is 12.6. The molecule has 2 rings (SSSR count). The lowest BCUT2D eigenvalue weighted by Crippen LogP contribution is -2.26. The normalized spacial score (nSPS) is 18.5. The van der Waals surface area contributed by atoms with Gasteiger partial charge in [-0.1, -0.05) is 25.0 Å². The van der Waals surface area contributed by atoms with Gasteiger partial charge in [0.05, 0.1) is 12.7 Å². The maximum Gasteiger partial charge on any atom is 0.119 e. The van der Waals surface area contributed by atoms with Gasteiger partial charge in [0.2, 0.25) is 0 Å². The Kier molecular flexibility index (Phi) is 6.34. The molecule has 0 aliphatic carbocycles. The Morgan fingerprint density at radius 1 is 1.10 bits per heavy atom. The van der Waals surface area contributed by atoms with Gasteiger partial charge in [0, 0.05) is 6.54 Å². The first-order valence-corrected chi connectivity index (χ1v) is 7.93. The molecule has 112 valence electrons. The van der Waals surface area contributed by atoms with E-state index in [9.17, 15) is 5.11 Å². The fraction of sp³-hybridized carbons (Fsp3) is 0.647. The number of aliphatic hydroxyl groups excluding tert-OH is 1. The molecular formula is C17H27NO2. The standard InChI is InChI=1S/C17H27NO2/c1-2-20-16-9-7-15(8-10-16)17(19)11-14-18-12-5-3-4-6-13-18/h7-10,17,19H,2-6,11-14H2,1H3. The molecule has 1 aliphatic heterocycles. The van der Waals surface area contributed by atoms with E-state index in [0.717, 1.165) is 24.3 Å². The Labute approximate surface area is 122 Å². The van der Waals surface area contributed by atoms with Gasteiger partial charge in [-0.3, -0.25) is 0 Å². The molecule has 1 unspecified atom stereocenters. The number of nitrogens with zero attached hydrogens (tertiary/aromatic N) is 1. The van der Waals surface area contributed by atoms with Gasteiger partial charge >= 0.3 is 0 Å². The molecule has 1 saturated heterocycles. The summed E-state index contributed by atoms with van der Waals surface area (Å²) in [4.78, 5) is 2.49. The van der Waals surface area contributed by atoms with Crippen molar-refractivity contribution in [1.29, 1.82) is 0 Å². The van der Waals surface area contributed by atoms with Crippen molar-refractivity contribution in [3.63, 3.8) is 0 Å². The second kappa shape index (κ2) is 8.28. The highest BCUT2D eigenvalue weighted by Crippen LogP contribution is 2.21. The van der Waals surface area contributed by atoms with Crippen LogP contribution in [0.25, 0.3) is 0 Å². The van der Waals surface area contributed by atoms with Gasteiger partial charge in [-0.25, -0.2) is 0 Å². The van der Waals surface area contributed by atoms with E-state index in [1.54, 1.807) is 0 Å². The SMILES string of the molecule is CCOc1ccc(C(O)CCN2CCCCCC2)cc1. The molecule has 0 spiro atoms. The molecule has 3 nitrogen and oxygen atoms in total. The van der Waals surface area contributed by atoms with Crippen molar-refractivity contribution in [2.24, 2.45) is 0 Å². The Hall–Kier alpha value is -1.06. The second-order valence-electron chi connectivity index (χ2n) is 5.56. The zero-order valence-corrected chi connectivity index (χ0v) is 12.6. The molecule has 0 bridgehead atoms. The number of ether oxygens (including phenoxy) is 1. The van der Waals surface area contributed by atoms with E-state index < -0.39 is 0 Å². The molecule has 0 aromatic heterocycles. The van der Waals surface area contributed by atoms with Crippen molar-refractivity contribution < 1.29 is 9.84 Å². The summed E-state index contributed by atoms with van der Waals surface area (Å²) in [6.07, 6.45) is 5.77. The molecule has 20 heavy (non-hydrogen) atoms. The Balaban J connectivity index is 1.79. The highest BCUT2D eigenvalue weighted by Gasteiger charge is 2.12. The summed E-state index contributed by atoms with van der Waals surface area (Å²) < 4.78 is 5.42. The molecule has 0 radical (unpaired) electrons. The minimum absolute atomic E-state index is 0.367. The molecule has 1 heterocycles. The smallest absolute Gasteiger partial charge is 0.119 e. The third-order valence-corrected chi connectivity index (χ3v) is 3.99. The highest BCUT2D eigenvalue weighted by atomic mass is 16.5. The first-order valence-electron chi connectivity index (χ1n) is 7.93. The Morgan fingerprint density at radius 2 is 1.75 bits per heavy atom. The van der Waals surface area contributed by atoms with Crippen molar-refractivity contribution in [2.75, 3.05) is 26.2 Å². The van der Waals surface area contributed by atoms with Crippen molar-refractivity contribution in [3.05, 3.63) is 29.8 Å². The van der Waals surface area contributed by atoms with Crippen LogP contribution in [0.1, 0.15) is 50.7 Å². The summed E-state index contributed by atoms with van der Waals surface area (Å²) in [5.74, 6) is 0.871. The second-order valence-corrected chi connectivity index (χ2v) is 5.56. The molecule has 1 fully saturated rings. The molecular weight excluding hydrogens is 250 g/mol. The van der Waals surface area contributed by atoms with Gasteiger partial charge in [-0.15, -0.1) is 0 Å². The lowest BCUT2D eigenvalue weighted by molar-refractivity contribution is 0.143. The van der Waals surface area contributed by atoms with E-state index in [1.165, 1.54) is 38.8 Å². The van der Waals surface area contributed by atoms with Crippen LogP contribution >= 0.6 is 0 Å². The first kappa shape index (κ1) is 15.3. The van der Waals surface area contributed by atoms with Crippen LogP contribution in [-0.2, 0) is 0 Å². The topological polar surface area (TPSA) is 32.7 Å². The maximum atomic E-state index is 10.3. The molecule has 1 N–H and O–H groups in total. The average molecular weight is 277 g/mol. The maximum absolute atomic E-state index is 10.3. The minimum atomic E-state index is -0.367. The van der Waals surface area contributed by atoms with Gasteiger partial charge in [0.1, 0.15) is 5.75 Å². The van der Waals surface area contributed by atoms with Crippen molar-refractivity contribution >= 4 is 0 Å². The van der Waals surface area contributed by atoms with Crippen LogP contribution < -0.4 is 4.74 Å². The van der Waals surface area contributed by atoms with Crippen molar-refractivity contribution in [2.45, 2.75) is 45.1 Å². The summed E-state index contributed by atoms with van der Waals surface area (Å²) in [7, 11) is 0. The summed E-state index contributed by atoms with van der Waals surface area (Å²) in [6.45, 7) is 6.03. The van der Waals surface area contributed by atoms with E-state index in [0.29, 0.717) is 6.61 Å². The zero-order chi connectivity index (χ0) is 14.2. The average Bonchev–Trinajstić information content (AvgIpc) is 2.74. The minimum Gasteiger partial charge on any atom is -0.494 e. The number of benzene rings is 1. The molecule has 1 atom stereocenters. The Bertz CT molecular complexity index is 369. The van der Waals surface area contributed by atoms with E-state index in [4.69, 9.17) is 4.74 Å². The van der Waals surface area contributed by atoms with Crippen LogP contribution in [0.15, 0.2) is 24.3 Å². The molecule has 1 aromatic rings. The van der Waals surface area contributed by atoms with Crippen molar-refractivity contribution in [1.82, 2.24) is 4.90 Å². The molecule has 3 heteroatoms. The largest absolute Gasteiger partial charge is 0.494 e. The van der Waals surface area contributed by atoms with Gasteiger partial charge in [-0.05, 0) is 57.0 Å². The van der Waals surface area contributed by atoms with Crippen molar-refractivity contribution in [3.8, 4) is 5.75 Å². The van der Waals surface area contributed by atoms with Gasteiger partial charge < -0.3 is 14.7 Å². The van der Waals surface area contributed by atoms with Crippen LogP contribution in [0.3, 0.4) is 0 Å². The summed E-state index contributed by atoms with van der Waals surface area (Å²) in [6, 6.07) is 7.82. The molecule has 1 aliphatic rings. The summed E-state index contributed by atoms with van der Waals surface area (Å²) in [5, 5.41) is 10.3. The van der Waals surface area contributed by atoms with Crippen LogP contribution in [0.2, 0.25) is 0 Å². The Morgan fingerprint density at radius 3 is 2.35 bits per heavy atom. The number of aliphatic hydroxyl groups is 1. The fourth-order valence-electron chi connectivity index (χ4n) is 2.78. The summed E-state index contributed by atoms with van der Waals surface area (Å²) >= 11 is 0. The quantitative estimate of drug-likeness (QED) is 0.865. The number of hydrogen-bond donors (Lipinski definition) is 1.